The molecule has 0 atom stereocenters. The maximum absolute atomic E-state index is 5.64. The van der Waals surface area contributed by atoms with E-state index in [9.17, 15) is 0 Å². The molecule has 1 aliphatic rings. The molecule has 0 aliphatic heterocycles. The van der Waals surface area contributed by atoms with Crippen LogP contribution >= 0.6 is 0 Å². The van der Waals surface area contributed by atoms with Crippen molar-refractivity contribution in [1.82, 2.24) is 15.3 Å². The summed E-state index contributed by atoms with van der Waals surface area (Å²) >= 11 is 0. The SMILES string of the molecule is COc1ccc(CNCC2CCC(Nc3nc(N(C)C)c4ccccc4n3)CC2)c(OC)c1C. The van der Waals surface area contributed by atoms with Crippen LogP contribution in [-0.2, 0) is 6.54 Å². The third-order valence-electron chi connectivity index (χ3n) is 6.80. The summed E-state index contributed by atoms with van der Waals surface area (Å²) in [6.45, 7) is 3.85. The second kappa shape index (κ2) is 10.9. The van der Waals surface area contributed by atoms with Gasteiger partial charge in [-0.25, -0.2) is 4.98 Å². The van der Waals surface area contributed by atoms with Gasteiger partial charge in [-0.15, -0.1) is 0 Å². The minimum Gasteiger partial charge on any atom is -0.496 e. The lowest BCUT2D eigenvalue weighted by atomic mass is 9.86. The number of hydrogen-bond donors (Lipinski definition) is 2. The van der Waals surface area contributed by atoms with Gasteiger partial charge in [0.15, 0.2) is 0 Å². The number of aromatic nitrogens is 2. The molecule has 0 radical (unpaired) electrons. The van der Waals surface area contributed by atoms with Crippen LogP contribution < -0.4 is 25.0 Å². The van der Waals surface area contributed by atoms with E-state index in [4.69, 9.17) is 19.4 Å². The van der Waals surface area contributed by atoms with Crippen molar-refractivity contribution in [3.05, 3.63) is 47.5 Å². The van der Waals surface area contributed by atoms with E-state index in [0.29, 0.717) is 12.0 Å². The molecule has 7 nitrogen and oxygen atoms in total. The van der Waals surface area contributed by atoms with Gasteiger partial charge in [0.2, 0.25) is 5.95 Å². The zero-order valence-corrected chi connectivity index (χ0v) is 21.0. The highest BCUT2D eigenvalue weighted by molar-refractivity contribution is 5.90. The third kappa shape index (κ3) is 5.36. The summed E-state index contributed by atoms with van der Waals surface area (Å²) in [4.78, 5) is 11.6. The first-order valence-electron chi connectivity index (χ1n) is 12.1. The highest BCUT2D eigenvalue weighted by Gasteiger charge is 2.22. The fourth-order valence-corrected chi connectivity index (χ4v) is 4.94. The number of rotatable bonds is 9. The van der Waals surface area contributed by atoms with Crippen molar-refractivity contribution in [3.63, 3.8) is 0 Å². The van der Waals surface area contributed by atoms with Crippen LogP contribution in [-0.4, -0.2) is 50.9 Å². The van der Waals surface area contributed by atoms with E-state index in [1.54, 1.807) is 14.2 Å². The Balaban J connectivity index is 1.30. The number of nitrogens with zero attached hydrogens (tertiary/aromatic N) is 3. The maximum Gasteiger partial charge on any atom is 0.225 e. The normalized spacial score (nSPS) is 18.0. The Morgan fingerprint density at radius 3 is 2.44 bits per heavy atom. The molecular weight excluding hydrogens is 426 g/mol. The monoisotopic (exact) mass is 463 g/mol. The molecule has 2 N–H and O–H groups in total. The average Bonchev–Trinajstić information content (AvgIpc) is 2.85. The zero-order chi connectivity index (χ0) is 24.1. The van der Waals surface area contributed by atoms with Crippen molar-refractivity contribution in [2.45, 2.75) is 45.2 Å². The van der Waals surface area contributed by atoms with Gasteiger partial charge in [0.25, 0.3) is 0 Å². The average molecular weight is 464 g/mol. The lowest BCUT2D eigenvalue weighted by molar-refractivity contribution is 0.322. The molecule has 4 rings (SSSR count). The van der Waals surface area contributed by atoms with Crippen molar-refractivity contribution in [2.75, 3.05) is 45.1 Å². The Bertz CT molecular complexity index is 1110. The highest BCUT2D eigenvalue weighted by atomic mass is 16.5. The summed E-state index contributed by atoms with van der Waals surface area (Å²) in [6, 6.07) is 12.7. The molecule has 3 aromatic rings. The van der Waals surface area contributed by atoms with Crippen molar-refractivity contribution < 1.29 is 9.47 Å². The third-order valence-corrected chi connectivity index (χ3v) is 6.80. The minimum atomic E-state index is 0.414. The molecule has 2 aromatic carbocycles. The van der Waals surface area contributed by atoms with Crippen molar-refractivity contribution >= 4 is 22.7 Å². The smallest absolute Gasteiger partial charge is 0.225 e. The van der Waals surface area contributed by atoms with Gasteiger partial charge in [0, 0.05) is 43.2 Å². The molecule has 0 spiro atoms. The predicted octanol–water partition coefficient (Wildman–Crippen LogP) is 4.78. The van der Waals surface area contributed by atoms with E-state index in [0.717, 1.165) is 65.7 Å². The molecule has 1 saturated carbocycles. The second-order valence-electron chi connectivity index (χ2n) is 9.36. The van der Waals surface area contributed by atoms with Crippen LogP contribution in [0.4, 0.5) is 11.8 Å². The molecule has 0 unspecified atom stereocenters. The van der Waals surface area contributed by atoms with Crippen LogP contribution in [0.2, 0.25) is 0 Å². The maximum atomic E-state index is 5.64. The van der Waals surface area contributed by atoms with Gasteiger partial charge < -0.3 is 25.0 Å². The van der Waals surface area contributed by atoms with Crippen LogP contribution in [0, 0.1) is 12.8 Å². The number of methoxy groups -OCH3 is 2. The number of benzene rings is 2. The molecule has 182 valence electrons. The second-order valence-corrected chi connectivity index (χ2v) is 9.36. The van der Waals surface area contributed by atoms with E-state index in [2.05, 4.69) is 33.7 Å². The fraction of sp³-hybridized carbons (Fsp3) is 0.481. The molecule has 0 amide bonds. The van der Waals surface area contributed by atoms with Crippen LogP contribution in [0.3, 0.4) is 0 Å². The van der Waals surface area contributed by atoms with Gasteiger partial charge in [0.05, 0.1) is 19.7 Å². The summed E-state index contributed by atoms with van der Waals surface area (Å²) in [5.74, 6) is 4.13. The van der Waals surface area contributed by atoms with Gasteiger partial charge in [-0.3, -0.25) is 0 Å². The molecule has 34 heavy (non-hydrogen) atoms. The first-order chi connectivity index (χ1) is 16.5. The number of fused-ring (bicyclic) bond motifs is 1. The summed E-state index contributed by atoms with van der Waals surface area (Å²) < 4.78 is 11.1. The largest absolute Gasteiger partial charge is 0.496 e. The summed E-state index contributed by atoms with van der Waals surface area (Å²) in [7, 11) is 7.47. The molecule has 0 saturated heterocycles. The zero-order valence-electron chi connectivity index (χ0n) is 21.0. The summed E-state index contributed by atoms with van der Waals surface area (Å²) in [5, 5.41) is 8.33. The number of nitrogens with one attached hydrogen (secondary N) is 2. The van der Waals surface area contributed by atoms with Gasteiger partial charge in [-0.1, -0.05) is 18.2 Å². The van der Waals surface area contributed by atoms with Crippen LogP contribution in [0.25, 0.3) is 10.9 Å². The van der Waals surface area contributed by atoms with Crippen molar-refractivity contribution in [3.8, 4) is 11.5 Å². The lowest BCUT2D eigenvalue weighted by Gasteiger charge is -2.29. The van der Waals surface area contributed by atoms with E-state index in [1.165, 1.54) is 18.4 Å². The van der Waals surface area contributed by atoms with Crippen LogP contribution in [0.5, 0.6) is 11.5 Å². The van der Waals surface area contributed by atoms with E-state index in [1.807, 2.05) is 39.2 Å². The van der Waals surface area contributed by atoms with E-state index < -0.39 is 0 Å². The quantitative estimate of drug-likeness (QED) is 0.473. The standard InChI is InChI=1S/C27H37N5O2/c1-18-24(33-4)15-12-20(25(18)34-5)17-28-16-19-10-13-21(14-11-19)29-27-30-23-9-7-6-8-22(23)26(31-27)32(2)3/h6-9,12,15,19,21,28H,10-11,13-14,16-17H2,1-5H3,(H,29,30,31). The van der Waals surface area contributed by atoms with E-state index in [-0.39, 0.29) is 0 Å². The Morgan fingerprint density at radius 2 is 1.74 bits per heavy atom. The molecular formula is C27H37N5O2. The fourth-order valence-electron chi connectivity index (χ4n) is 4.94. The molecule has 7 heteroatoms. The van der Waals surface area contributed by atoms with Gasteiger partial charge >= 0.3 is 0 Å². The molecule has 1 aliphatic carbocycles. The Morgan fingerprint density at radius 1 is 0.971 bits per heavy atom. The van der Waals surface area contributed by atoms with Gasteiger partial charge in [-0.2, -0.15) is 4.98 Å². The first-order valence-corrected chi connectivity index (χ1v) is 12.1. The molecule has 1 aromatic heterocycles. The number of ether oxygens (including phenoxy) is 2. The first kappa shape index (κ1) is 24.1. The molecule has 0 bridgehead atoms. The van der Waals surface area contributed by atoms with Gasteiger partial charge in [0.1, 0.15) is 17.3 Å². The minimum absolute atomic E-state index is 0.414. The van der Waals surface area contributed by atoms with Crippen molar-refractivity contribution in [2.24, 2.45) is 5.92 Å². The van der Waals surface area contributed by atoms with Crippen molar-refractivity contribution in [1.29, 1.82) is 0 Å². The lowest BCUT2D eigenvalue weighted by Crippen LogP contribution is -2.31. The molecule has 1 fully saturated rings. The van der Waals surface area contributed by atoms with Gasteiger partial charge in [-0.05, 0) is 63.3 Å². The Kier molecular flexibility index (Phi) is 7.73. The number of anilines is 2. The number of hydrogen-bond acceptors (Lipinski definition) is 7. The Labute approximate surface area is 202 Å². The topological polar surface area (TPSA) is 71.5 Å². The summed E-state index contributed by atoms with van der Waals surface area (Å²) in [6.07, 6.45) is 4.64. The van der Waals surface area contributed by atoms with E-state index >= 15 is 0 Å². The molecule has 1 heterocycles. The predicted molar refractivity (Wildman–Crippen MR) is 139 cm³/mol. The highest BCUT2D eigenvalue weighted by Crippen LogP contribution is 2.32. The Hall–Kier alpha value is -3.06. The summed E-state index contributed by atoms with van der Waals surface area (Å²) in [5.41, 5.74) is 3.19. The van der Waals surface area contributed by atoms with Crippen LogP contribution in [0.15, 0.2) is 36.4 Å². The van der Waals surface area contributed by atoms with Crippen LogP contribution in [0.1, 0.15) is 36.8 Å². The number of para-hydroxylation sites is 1.